The highest BCUT2D eigenvalue weighted by Gasteiger charge is 2.08. The van der Waals surface area contributed by atoms with Crippen molar-refractivity contribution in [2.24, 2.45) is 7.05 Å². The Morgan fingerprint density at radius 1 is 1.27 bits per heavy atom. The van der Waals surface area contributed by atoms with Crippen molar-refractivity contribution in [3.05, 3.63) is 40.3 Å². The highest BCUT2D eigenvalue weighted by atomic mass is 16.2. The zero-order valence-corrected chi connectivity index (χ0v) is 8.64. The molecule has 2 aromatic rings. The number of aryl methyl sites for hydroxylation is 2. The van der Waals surface area contributed by atoms with Crippen molar-refractivity contribution in [1.29, 1.82) is 0 Å². The quantitative estimate of drug-likeness (QED) is 0.734. The molecule has 0 unspecified atom stereocenters. The summed E-state index contributed by atoms with van der Waals surface area (Å²) in [4.78, 5) is 11.7. The lowest BCUT2D eigenvalue weighted by Gasteiger charge is -2.01. The summed E-state index contributed by atoms with van der Waals surface area (Å²) >= 11 is 0. The van der Waals surface area contributed by atoms with Crippen molar-refractivity contribution in [3.8, 4) is 5.69 Å². The normalized spacial score (nSPS) is 10.5. The number of nitrogens with two attached hydrogens (primary N) is 1. The van der Waals surface area contributed by atoms with Crippen molar-refractivity contribution in [3.63, 3.8) is 0 Å². The Morgan fingerprint density at radius 3 is 2.33 bits per heavy atom. The van der Waals surface area contributed by atoms with Crippen LogP contribution in [0.3, 0.4) is 0 Å². The Kier molecular flexibility index (Phi) is 2.07. The van der Waals surface area contributed by atoms with Gasteiger partial charge in [-0.2, -0.15) is 0 Å². The third-order valence-corrected chi connectivity index (χ3v) is 2.24. The molecule has 5 heteroatoms. The molecule has 0 fully saturated rings. The summed E-state index contributed by atoms with van der Waals surface area (Å²) < 4.78 is 2.59. The molecule has 0 atom stereocenters. The van der Waals surface area contributed by atoms with Crippen LogP contribution < -0.4 is 11.4 Å². The molecule has 78 valence electrons. The zero-order chi connectivity index (χ0) is 11.0. The standard InChI is InChI=1S/C10H12N4O/c1-7-3-5-8(6-4-7)14-9(11)12-13(2)10(14)15/h3-6H,1-2H3,(H2,11,12). The summed E-state index contributed by atoms with van der Waals surface area (Å²) in [7, 11) is 1.57. The van der Waals surface area contributed by atoms with Gasteiger partial charge >= 0.3 is 5.69 Å². The number of hydrogen-bond donors (Lipinski definition) is 1. The Hall–Kier alpha value is -2.04. The van der Waals surface area contributed by atoms with E-state index in [1.54, 1.807) is 7.05 Å². The maximum absolute atomic E-state index is 11.7. The first kappa shape index (κ1) is 9.51. The van der Waals surface area contributed by atoms with E-state index in [1.165, 1.54) is 9.25 Å². The number of benzene rings is 1. The first-order valence-corrected chi connectivity index (χ1v) is 4.58. The fourth-order valence-electron chi connectivity index (χ4n) is 1.42. The maximum atomic E-state index is 11.7. The van der Waals surface area contributed by atoms with Crippen LogP contribution in [0.5, 0.6) is 0 Å². The molecule has 0 spiro atoms. The van der Waals surface area contributed by atoms with Gasteiger partial charge < -0.3 is 5.73 Å². The lowest BCUT2D eigenvalue weighted by molar-refractivity contribution is 0.727. The van der Waals surface area contributed by atoms with E-state index >= 15 is 0 Å². The Labute approximate surface area is 86.8 Å². The largest absolute Gasteiger partial charge is 0.368 e. The van der Waals surface area contributed by atoms with Crippen LogP contribution in [0.25, 0.3) is 5.69 Å². The van der Waals surface area contributed by atoms with Crippen LogP contribution >= 0.6 is 0 Å². The van der Waals surface area contributed by atoms with Gasteiger partial charge in [0.2, 0.25) is 5.95 Å². The first-order valence-electron chi connectivity index (χ1n) is 4.58. The average Bonchev–Trinajstić information content (AvgIpc) is 2.44. The third-order valence-electron chi connectivity index (χ3n) is 2.24. The van der Waals surface area contributed by atoms with Gasteiger partial charge in [-0.15, -0.1) is 5.10 Å². The summed E-state index contributed by atoms with van der Waals surface area (Å²) in [5.74, 6) is 0.200. The SMILES string of the molecule is Cc1ccc(-n2c(N)nn(C)c2=O)cc1. The summed E-state index contributed by atoms with van der Waals surface area (Å²) in [6.45, 7) is 1.99. The van der Waals surface area contributed by atoms with Crippen molar-refractivity contribution in [2.45, 2.75) is 6.92 Å². The number of nitrogen functional groups attached to an aromatic ring is 1. The molecule has 0 aliphatic carbocycles. The molecule has 5 nitrogen and oxygen atoms in total. The summed E-state index contributed by atoms with van der Waals surface area (Å²) in [6, 6.07) is 7.53. The predicted molar refractivity (Wildman–Crippen MR) is 58.0 cm³/mol. The number of rotatable bonds is 1. The molecule has 0 radical (unpaired) electrons. The van der Waals surface area contributed by atoms with Gasteiger partial charge in [-0.25, -0.2) is 14.0 Å². The van der Waals surface area contributed by atoms with Crippen molar-refractivity contribution >= 4 is 5.95 Å². The second kappa shape index (κ2) is 3.27. The minimum absolute atomic E-state index is 0.200. The number of hydrogen-bond acceptors (Lipinski definition) is 3. The maximum Gasteiger partial charge on any atom is 0.351 e. The molecule has 1 heterocycles. The average molecular weight is 204 g/mol. The molecule has 1 aromatic carbocycles. The molecule has 2 rings (SSSR count). The van der Waals surface area contributed by atoms with E-state index in [-0.39, 0.29) is 11.6 Å². The van der Waals surface area contributed by atoms with Gasteiger partial charge in [0.25, 0.3) is 0 Å². The minimum atomic E-state index is -0.239. The van der Waals surface area contributed by atoms with Crippen molar-refractivity contribution in [1.82, 2.24) is 14.3 Å². The van der Waals surface area contributed by atoms with Crippen LogP contribution in [-0.2, 0) is 7.05 Å². The molecule has 0 saturated carbocycles. The van der Waals surface area contributed by atoms with Gasteiger partial charge in [0.05, 0.1) is 5.69 Å². The molecule has 0 aliphatic heterocycles. The molecule has 0 bridgehead atoms. The molecule has 0 saturated heterocycles. The van der Waals surface area contributed by atoms with E-state index in [4.69, 9.17) is 5.73 Å². The number of anilines is 1. The van der Waals surface area contributed by atoms with E-state index in [0.29, 0.717) is 0 Å². The molecule has 15 heavy (non-hydrogen) atoms. The van der Waals surface area contributed by atoms with Crippen LogP contribution in [0, 0.1) is 6.92 Å². The topological polar surface area (TPSA) is 65.8 Å². The first-order chi connectivity index (χ1) is 7.09. The monoisotopic (exact) mass is 204 g/mol. The number of nitrogens with zero attached hydrogens (tertiary/aromatic N) is 3. The van der Waals surface area contributed by atoms with Crippen LogP contribution in [0.2, 0.25) is 0 Å². The molecular formula is C10H12N4O. The minimum Gasteiger partial charge on any atom is -0.368 e. The Balaban J connectivity index is 2.64. The fourth-order valence-corrected chi connectivity index (χ4v) is 1.42. The van der Waals surface area contributed by atoms with E-state index in [9.17, 15) is 4.79 Å². The van der Waals surface area contributed by atoms with Gasteiger partial charge in [-0.05, 0) is 19.1 Å². The van der Waals surface area contributed by atoms with E-state index in [0.717, 1.165) is 11.3 Å². The molecule has 0 amide bonds. The smallest absolute Gasteiger partial charge is 0.351 e. The second-order valence-electron chi connectivity index (χ2n) is 3.44. The number of aromatic nitrogens is 3. The van der Waals surface area contributed by atoms with Gasteiger partial charge in [-0.1, -0.05) is 17.7 Å². The third kappa shape index (κ3) is 1.52. The van der Waals surface area contributed by atoms with E-state index in [1.807, 2.05) is 31.2 Å². The van der Waals surface area contributed by atoms with Gasteiger partial charge in [-0.3, -0.25) is 0 Å². The van der Waals surface area contributed by atoms with E-state index < -0.39 is 0 Å². The summed E-state index contributed by atoms with van der Waals surface area (Å²) in [6.07, 6.45) is 0. The summed E-state index contributed by atoms with van der Waals surface area (Å²) in [5.41, 5.74) is 7.27. The zero-order valence-electron chi connectivity index (χ0n) is 8.64. The van der Waals surface area contributed by atoms with Crippen LogP contribution in [0.1, 0.15) is 5.56 Å². The highest BCUT2D eigenvalue weighted by molar-refractivity contribution is 5.39. The van der Waals surface area contributed by atoms with Crippen LogP contribution in [0.15, 0.2) is 29.1 Å². The Bertz CT molecular complexity index is 536. The van der Waals surface area contributed by atoms with Gasteiger partial charge in [0.1, 0.15) is 0 Å². The van der Waals surface area contributed by atoms with Crippen molar-refractivity contribution in [2.75, 3.05) is 5.73 Å². The second-order valence-corrected chi connectivity index (χ2v) is 3.44. The van der Waals surface area contributed by atoms with Crippen LogP contribution in [0.4, 0.5) is 5.95 Å². The van der Waals surface area contributed by atoms with Gasteiger partial charge in [0.15, 0.2) is 0 Å². The lowest BCUT2D eigenvalue weighted by atomic mass is 10.2. The molecule has 2 N–H and O–H groups in total. The van der Waals surface area contributed by atoms with Crippen LogP contribution in [-0.4, -0.2) is 14.3 Å². The van der Waals surface area contributed by atoms with E-state index in [2.05, 4.69) is 5.10 Å². The van der Waals surface area contributed by atoms with Gasteiger partial charge in [0, 0.05) is 7.05 Å². The molecule has 0 aliphatic rings. The Morgan fingerprint density at radius 2 is 1.87 bits per heavy atom. The fraction of sp³-hybridized carbons (Fsp3) is 0.200. The molecular weight excluding hydrogens is 192 g/mol. The van der Waals surface area contributed by atoms with Crippen molar-refractivity contribution < 1.29 is 0 Å². The highest BCUT2D eigenvalue weighted by Crippen LogP contribution is 2.09. The lowest BCUT2D eigenvalue weighted by Crippen LogP contribution is -2.21. The molecule has 1 aromatic heterocycles. The summed E-state index contributed by atoms with van der Waals surface area (Å²) in [5, 5.41) is 3.85. The predicted octanol–water partition coefficient (Wildman–Crippen LogP) is 0.462.